The molecule has 0 fully saturated rings. The van der Waals surface area contributed by atoms with Crippen LogP contribution >= 0.6 is 11.6 Å². The lowest BCUT2D eigenvalue weighted by Crippen LogP contribution is -2.21. The van der Waals surface area contributed by atoms with E-state index in [1.807, 2.05) is 6.92 Å². The van der Waals surface area contributed by atoms with E-state index in [0.29, 0.717) is 12.2 Å². The number of nitrogens with two attached hydrogens (primary N) is 1. The summed E-state index contributed by atoms with van der Waals surface area (Å²) in [5.74, 6) is -0.144. The minimum absolute atomic E-state index is 0.000195. The molecule has 2 N–H and O–H groups in total. The van der Waals surface area contributed by atoms with Crippen LogP contribution in [0.4, 0.5) is 22.0 Å². The summed E-state index contributed by atoms with van der Waals surface area (Å²) in [6, 6.07) is 6.34. The Kier molecular flexibility index (Phi) is 3.57. The third-order valence-electron chi connectivity index (χ3n) is 2.31. The lowest BCUT2D eigenvalue weighted by molar-refractivity contribution is 0.624. The number of para-hydroxylation sites is 1. The molecule has 0 saturated heterocycles. The van der Waals surface area contributed by atoms with Crippen LogP contribution in [0.15, 0.2) is 24.3 Å². The van der Waals surface area contributed by atoms with Gasteiger partial charge in [0.2, 0.25) is 17.2 Å². The molecule has 94 valence electrons. The average molecular weight is 268 g/mol. The molecule has 5 nitrogen and oxygen atoms in total. The number of rotatable bonds is 3. The molecular formula is C11H11ClFN5. The molecular weight excluding hydrogens is 257 g/mol. The van der Waals surface area contributed by atoms with Crippen LogP contribution in [0.2, 0.25) is 5.28 Å². The van der Waals surface area contributed by atoms with Gasteiger partial charge >= 0.3 is 0 Å². The quantitative estimate of drug-likeness (QED) is 0.925. The monoisotopic (exact) mass is 267 g/mol. The van der Waals surface area contributed by atoms with Crippen molar-refractivity contribution in [3.05, 3.63) is 35.4 Å². The normalized spacial score (nSPS) is 10.4. The van der Waals surface area contributed by atoms with Gasteiger partial charge in [0.15, 0.2) is 0 Å². The first-order chi connectivity index (χ1) is 8.61. The summed E-state index contributed by atoms with van der Waals surface area (Å²) < 4.78 is 13.7. The van der Waals surface area contributed by atoms with Crippen LogP contribution in [0.5, 0.6) is 0 Å². The highest BCUT2D eigenvalue weighted by Crippen LogP contribution is 2.25. The van der Waals surface area contributed by atoms with Crippen LogP contribution in [0.1, 0.15) is 6.92 Å². The number of halogens is 2. The highest BCUT2D eigenvalue weighted by molar-refractivity contribution is 6.28. The number of anilines is 3. The van der Waals surface area contributed by atoms with Crippen molar-refractivity contribution in [3.8, 4) is 0 Å². The van der Waals surface area contributed by atoms with E-state index in [2.05, 4.69) is 15.0 Å². The van der Waals surface area contributed by atoms with Gasteiger partial charge in [0.25, 0.3) is 0 Å². The number of nitrogen functional groups attached to an aromatic ring is 1. The van der Waals surface area contributed by atoms with E-state index in [4.69, 9.17) is 17.3 Å². The summed E-state index contributed by atoms with van der Waals surface area (Å²) in [5, 5.41) is -0.0210. The maximum Gasteiger partial charge on any atom is 0.236 e. The highest BCUT2D eigenvalue weighted by Gasteiger charge is 2.15. The second kappa shape index (κ2) is 5.14. The molecule has 0 amide bonds. The number of hydrogen-bond donors (Lipinski definition) is 1. The SMILES string of the molecule is CCN(c1nc(N)nc(Cl)n1)c1ccccc1F. The zero-order valence-electron chi connectivity index (χ0n) is 9.64. The van der Waals surface area contributed by atoms with E-state index in [1.54, 1.807) is 23.1 Å². The van der Waals surface area contributed by atoms with Crippen LogP contribution in [-0.2, 0) is 0 Å². The molecule has 0 aliphatic rings. The Bertz CT molecular complexity index is 543. The molecule has 18 heavy (non-hydrogen) atoms. The zero-order valence-corrected chi connectivity index (χ0v) is 10.4. The number of benzene rings is 1. The molecule has 0 atom stereocenters. The van der Waals surface area contributed by atoms with Gasteiger partial charge < -0.3 is 10.6 Å². The van der Waals surface area contributed by atoms with Crippen molar-refractivity contribution in [2.45, 2.75) is 6.92 Å². The Hall–Kier alpha value is -1.95. The summed E-state index contributed by atoms with van der Waals surface area (Å²) >= 11 is 5.72. The third kappa shape index (κ3) is 2.48. The first kappa shape index (κ1) is 12.5. The Morgan fingerprint density at radius 1 is 1.28 bits per heavy atom. The number of hydrogen-bond acceptors (Lipinski definition) is 5. The number of aromatic nitrogens is 3. The summed E-state index contributed by atoms with van der Waals surface area (Å²) in [5.41, 5.74) is 5.86. The van der Waals surface area contributed by atoms with E-state index < -0.39 is 0 Å². The van der Waals surface area contributed by atoms with E-state index in [-0.39, 0.29) is 23.0 Å². The van der Waals surface area contributed by atoms with Crippen molar-refractivity contribution in [3.63, 3.8) is 0 Å². The standard InChI is InChI=1S/C11H11ClFN5/c1-2-18(8-6-4-3-5-7(8)13)11-16-9(12)15-10(14)17-11/h3-6H,2H2,1H3,(H2,14,15,16,17). The Balaban J connectivity index is 2.48. The molecule has 2 rings (SSSR count). The van der Waals surface area contributed by atoms with Crippen molar-refractivity contribution >= 4 is 29.2 Å². The molecule has 0 saturated carbocycles. The third-order valence-corrected chi connectivity index (χ3v) is 2.48. The Morgan fingerprint density at radius 3 is 2.61 bits per heavy atom. The van der Waals surface area contributed by atoms with Gasteiger partial charge in [0, 0.05) is 6.54 Å². The fraction of sp³-hybridized carbons (Fsp3) is 0.182. The number of nitrogens with zero attached hydrogens (tertiary/aromatic N) is 4. The second-order valence-corrected chi connectivity index (χ2v) is 3.80. The van der Waals surface area contributed by atoms with Crippen molar-refractivity contribution < 1.29 is 4.39 Å². The van der Waals surface area contributed by atoms with Crippen LogP contribution < -0.4 is 10.6 Å². The average Bonchev–Trinajstić information content (AvgIpc) is 2.31. The molecule has 0 aliphatic carbocycles. The van der Waals surface area contributed by atoms with Crippen molar-refractivity contribution in [2.75, 3.05) is 17.2 Å². The molecule has 1 heterocycles. The van der Waals surface area contributed by atoms with Gasteiger partial charge in [-0.1, -0.05) is 12.1 Å². The minimum Gasteiger partial charge on any atom is -0.368 e. The molecule has 1 aromatic carbocycles. The molecule has 1 aromatic heterocycles. The van der Waals surface area contributed by atoms with Crippen LogP contribution in [-0.4, -0.2) is 21.5 Å². The van der Waals surface area contributed by atoms with E-state index in [0.717, 1.165) is 0 Å². The van der Waals surface area contributed by atoms with Gasteiger partial charge in [-0.15, -0.1) is 0 Å². The van der Waals surface area contributed by atoms with Gasteiger partial charge in [-0.05, 0) is 30.7 Å². The summed E-state index contributed by atoms with van der Waals surface area (Å²) in [6.45, 7) is 2.32. The predicted molar refractivity (Wildman–Crippen MR) is 68.3 cm³/mol. The summed E-state index contributed by atoms with van der Waals surface area (Å²) in [7, 11) is 0. The maximum absolute atomic E-state index is 13.7. The minimum atomic E-state index is -0.366. The second-order valence-electron chi connectivity index (χ2n) is 3.46. The summed E-state index contributed by atoms with van der Waals surface area (Å²) in [4.78, 5) is 13.1. The molecule has 0 unspecified atom stereocenters. The van der Waals surface area contributed by atoms with Crippen LogP contribution in [0.3, 0.4) is 0 Å². The lowest BCUT2D eigenvalue weighted by atomic mass is 10.3. The Labute approximate surface area is 108 Å². The zero-order chi connectivity index (χ0) is 13.1. The van der Waals surface area contributed by atoms with Crippen molar-refractivity contribution in [2.24, 2.45) is 0 Å². The van der Waals surface area contributed by atoms with E-state index in [1.165, 1.54) is 6.07 Å². The van der Waals surface area contributed by atoms with E-state index >= 15 is 0 Å². The van der Waals surface area contributed by atoms with Crippen LogP contribution in [0.25, 0.3) is 0 Å². The molecule has 7 heteroatoms. The van der Waals surface area contributed by atoms with Crippen molar-refractivity contribution in [1.29, 1.82) is 0 Å². The van der Waals surface area contributed by atoms with Crippen molar-refractivity contribution in [1.82, 2.24) is 15.0 Å². The molecule has 0 bridgehead atoms. The van der Waals surface area contributed by atoms with Gasteiger partial charge in [-0.25, -0.2) is 4.39 Å². The first-order valence-electron chi connectivity index (χ1n) is 5.31. The van der Waals surface area contributed by atoms with Gasteiger partial charge in [0.1, 0.15) is 5.82 Å². The van der Waals surface area contributed by atoms with Gasteiger partial charge in [-0.3, -0.25) is 0 Å². The summed E-state index contributed by atoms with van der Waals surface area (Å²) in [6.07, 6.45) is 0. The maximum atomic E-state index is 13.7. The molecule has 0 radical (unpaired) electrons. The molecule has 0 spiro atoms. The Morgan fingerprint density at radius 2 is 2.00 bits per heavy atom. The fourth-order valence-electron chi connectivity index (χ4n) is 1.57. The largest absolute Gasteiger partial charge is 0.368 e. The molecule has 0 aliphatic heterocycles. The van der Waals surface area contributed by atoms with E-state index in [9.17, 15) is 4.39 Å². The predicted octanol–water partition coefficient (Wildman–Crippen LogP) is 2.40. The fourth-order valence-corrected chi connectivity index (χ4v) is 1.73. The smallest absolute Gasteiger partial charge is 0.236 e. The van der Waals surface area contributed by atoms with Crippen LogP contribution in [0, 0.1) is 5.82 Å². The van der Waals surface area contributed by atoms with Gasteiger partial charge in [-0.2, -0.15) is 15.0 Å². The molecule has 2 aromatic rings. The van der Waals surface area contributed by atoms with Gasteiger partial charge in [0.05, 0.1) is 5.69 Å². The highest BCUT2D eigenvalue weighted by atomic mass is 35.5. The topological polar surface area (TPSA) is 67.9 Å². The first-order valence-corrected chi connectivity index (χ1v) is 5.68. The lowest BCUT2D eigenvalue weighted by Gasteiger charge is -2.21.